The number of piperidine rings is 1. The standard InChI is InChI=1S/C26H27ClN2O3S/c1-32-24-7-3-2-5-21(24)17-29(18-23-6-4-16-33-23)26(31)20-12-14-28(15-13-20)25(30)19-8-10-22(27)11-9-19/h2-11,16,20H,12-15,17-18H2,1H3. The highest BCUT2D eigenvalue weighted by Gasteiger charge is 2.31. The minimum atomic E-state index is -0.103. The average Bonchev–Trinajstić information content (AvgIpc) is 3.37. The number of hydrogen-bond acceptors (Lipinski definition) is 4. The highest BCUT2D eigenvalue weighted by atomic mass is 35.5. The number of para-hydroxylation sites is 1. The van der Waals surface area contributed by atoms with Gasteiger partial charge in [0.1, 0.15) is 5.75 Å². The number of likely N-dealkylation sites (tertiary alicyclic amines) is 1. The summed E-state index contributed by atoms with van der Waals surface area (Å²) >= 11 is 7.59. The van der Waals surface area contributed by atoms with E-state index >= 15 is 0 Å². The van der Waals surface area contributed by atoms with Crippen molar-refractivity contribution in [3.63, 3.8) is 0 Å². The van der Waals surface area contributed by atoms with Gasteiger partial charge in [0.25, 0.3) is 5.91 Å². The molecule has 0 bridgehead atoms. The fraction of sp³-hybridized carbons (Fsp3) is 0.308. The summed E-state index contributed by atoms with van der Waals surface area (Å²) in [6.07, 6.45) is 1.32. The molecule has 0 N–H and O–H groups in total. The maximum atomic E-state index is 13.6. The second kappa shape index (κ2) is 10.9. The monoisotopic (exact) mass is 482 g/mol. The van der Waals surface area contributed by atoms with Gasteiger partial charge >= 0.3 is 0 Å². The van der Waals surface area contributed by atoms with Crippen LogP contribution in [0.1, 0.15) is 33.6 Å². The molecule has 172 valence electrons. The maximum Gasteiger partial charge on any atom is 0.253 e. The van der Waals surface area contributed by atoms with E-state index in [-0.39, 0.29) is 17.7 Å². The van der Waals surface area contributed by atoms with E-state index < -0.39 is 0 Å². The molecule has 1 aromatic heterocycles. The van der Waals surface area contributed by atoms with Gasteiger partial charge in [0.2, 0.25) is 5.91 Å². The summed E-state index contributed by atoms with van der Waals surface area (Å²) < 4.78 is 5.51. The molecule has 33 heavy (non-hydrogen) atoms. The zero-order chi connectivity index (χ0) is 23.2. The Bertz CT molecular complexity index is 1080. The first kappa shape index (κ1) is 23.3. The molecule has 2 heterocycles. The average molecular weight is 483 g/mol. The zero-order valence-electron chi connectivity index (χ0n) is 18.6. The first-order valence-corrected chi connectivity index (χ1v) is 12.3. The quantitative estimate of drug-likeness (QED) is 0.447. The Hall–Kier alpha value is -2.83. The summed E-state index contributed by atoms with van der Waals surface area (Å²) in [5, 5.41) is 2.64. The Kier molecular flexibility index (Phi) is 7.68. The molecule has 0 radical (unpaired) electrons. The molecule has 1 fully saturated rings. The molecule has 2 amide bonds. The molecule has 0 spiro atoms. The van der Waals surface area contributed by atoms with Crippen LogP contribution in [0.2, 0.25) is 5.02 Å². The van der Waals surface area contributed by atoms with Crippen LogP contribution in [0.25, 0.3) is 0 Å². The molecule has 1 aliphatic rings. The van der Waals surface area contributed by atoms with Gasteiger partial charge in [-0.15, -0.1) is 11.3 Å². The van der Waals surface area contributed by atoms with E-state index in [1.165, 1.54) is 0 Å². The van der Waals surface area contributed by atoms with Crippen molar-refractivity contribution in [3.05, 3.63) is 87.1 Å². The predicted octanol–water partition coefficient (Wildman–Crippen LogP) is 5.49. The van der Waals surface area contributed by atoms with Gasteiger partial charge in [-0.05, 0) is 54.6 Å². The molecule has 0 aliphatic carbocycles. The summed E-state index contributed by atoms with van der Waals surface area (Å²) in [5.41, 5.74) is 1.61. The molecule has 4 rings (SSSR count). The van der Waals surface area contributed by atoms with Crippen molar-refractivity contribution in [2.24, 2.45) is 5.92 Å². The van der Waals surface area contributed by atoms with E-state index in [0.29, 0.717) is 49.6 Å². The Balaban J connectivity index is 1.44. The predicted molar refractivity (Wildman–Crippen MR) is 132 cm³/mol. The first-order chi connectivity index (χ1) is 16.0. The van der Waals surface area contributed by atoms with E-state index in [2.05, 4.69) is 6.07 Å². The third-order valence-corrected chi connectivity index (χ3v) is 7.13. The first-order valence-electron chi connectivity index (χ1n) is 11.0. The lowest BCUT2D eigenvalue weighted by Gasteiger charge is -2.34. The highest BCUT2D eigenvalue weighted by Crippen LogP contribution is 2.26. The second-order valence-corrected chi connectivity index (χ2v) is 9.63. The molecular formula is C26H27ClN2O3S. The van der Waals surface area contributed by atoms with Crippen molar-refractivity contribution in [2.75, 3.05) is 20.2 Å². The Morgan fingerprint density at radius 1 is 1.03 bits per heavy atom. The molecular weight excluding hydrogens is 456 g/mol. The maximum absolute atomic E-state index is 13.6. The van der Waals surface area contributed by atoms with E-state index in [4.69, 9.17) is 16.3 Å². The van der Waals surface area contributed by atoms with Gasteiger partial charge in [-0.1, -0.05) is 35.9 Å². The number of hydrogen-bond donors (Lipinski definition) is 0. The Morgan fingerprint density at radius 3 is 2.42 bits per heavy atom. The van der Waals surface area contributed by atoms with Crippen molar-refractivity contribution in [1.29, 1.82) is 0 Å². The fourth-order valence-electron chi connectivity index (χ4n) is 4.20. The fourth-order valence-corrected chi connectivity index (χ4v) is 5.05. The molecule has 0 unspecified atom stereocenters. The Labute approximate surface area is 203 Å². The van der Waals surface area contributed by atoms with Gasteiger partial charge in [0.15, 0.2) is 0 Å². The lowest BCUT2D eigenvalue weighted by Crippen LogP contribution is -2.44. The normalized spacial score (nSPS) is 14.2. The van der Waals surface area contributed by atoms with E-state index in [0.717, 1.165) is 16.2 Å². The third-order valence-electron chi connectivity index (χ3n) is 6.01. The summed E-state index contributed by atoms with van der Waals surface area (Å²) in [4.78, 5) is 31.3. The molecule has 2 aromatic carbocycles. The van der Waals surface area contributed by atoms with E-state index in [1.807, 2.05) is 45.5 Å². The summed E-state index contributed by atoms with van der Waals surface area (Å²) in [5.74, 6) is 0.800. The summed E-state index contributed by atoms with van der Waals surface area (Å²) in [6, 6.07) is 18.8. The SMILES string of the molecule is COc1ccccc1CN(Cc1cccs1)C(=O)C1CCN(C(=O)c2ccc(Cl)cc2)CC1. The van der Waals surface area contributed by atoms with Crippen molar-refractivity contribution < 1.29 is 14.3 Å². The number of rotatable bonds is 7. The lowest BCUT2D eigenvalue weighted by atomic mass is 9.94. The van der Waals surface area contributed by atoms with Gasteiger partial charge in [0, 0.05) is 46.6 Å². The van der Waals surface area contributed by atoms with Crippen LogP contribution in [-0.4, -0.2) is 41.8 Å². The van der Waals surface area contributed by atoms with Crippen molar-refractivity contribution in [2.45, 2.75) is 25.9 Å². The molecule has 0 saturated carbocycles. The number of ether oxygens (including phenoxy) is 1. The summed E-state index contributed by atoms with van der Waals surface area (Å²) in [7, 11) is 1.65. The largest absolute Gasteiger partial charge is 0.496 e. The van der Waals surface area contributed by atoms with Gasteiger partial charge in [-0.3, -0.25) is 9.59 Å². The minimum Gasteiger partial charge on any atom is -0.496 e. The van der Waals surface area contributed by atoms with Crippen LogP contribution in [0.15, 0.2) is 66.0 Å². The van der Waals surface area contributed by atoms with E-state index in [1.54, 1.807) is 42.7 Å². The molecule has 3 aromatic rings. The molecule has 5 nitrogen and oxygen atoms in total. The van der Waals surface area contributed by atoms with Crippen LogP contribution in [0.4, 0.5) is 0 Å². The van der Waals surface area contributed by atoms with Crippen molar-refractivity contribution in [3.8, 4) is 5.75 Å². The number of nitrogens with zero attached hydrogens (tertiary/aromatic N) is 2. The minimum absolute atomic E-state index is 0.0120. The van der Waals surface area contributed by atoms with Crippen LogP contribution >= 0.6 is 22.9 Å². The number of halogens is 1. The Morgan fingerprint density at radius 2 is 1.76 bits per heavy atom. The molecule has 7 heteroatoms. The highest BCUT2D eigenvalue weighted by molar-refractivity contribution is 7.09. The molecule has 1 saturated heterocycles. The van der Waals surface area contributed by atoms with Crippen LogP contribution in [0, 0.1) is 5.92 Å². The smallest absolute Gasteiger partial charge is 0.253 e. The number of carbonyl (C=O) groups excluding carboxylic acids is 2. The number of amides is 2. The van der Waals surface area contributed by atoms with E-state index in [9.17, 15) is 9.59 Å². The van der Waals surface area contributed by atoms with Crippen LogP contribution in [-0.2, 0) is 17.9 Å². The van der Waals surface area contributed by atoms with Gasteiger partial charge in [-0.25, -0.2) is 0 Å². The van der Waals surface area contributed by atoms with Crippen LogP contribution in [0.5, 0.6) is 5.75 Å². The number of benzene rings is 2. The van der Waals surface area contributed by atoms with Gasteiger partial charge < -0.3 is 14.5 Å². The van der Waals surface area contributed by atoms with Crippen LogP contribution < -0.4 is 4.74 Å². The third kappa shape index (κ3) is 5.75. The molecule has 0 atom stereocenters. The van der Waals surface area contributed by atoms with Crippen LogP contribution in [0.3, 0.4) is 0 Å². The van der Waals surface area contributed by atoms with Gasteiger partial charge in [-0.2, -0.15) is 0 Å². The number of thiophene rings is 1. The molecule has 1 aliphatic heterocycles. The zero-order valence-corrected chi connectivity index (χ0v) is 20.1. The second-order valence-electron chi connectivity index (χ2n) is 8.16. The number of methoxy groups -OCH3 is 1. The van der Waals surface area contributed by atoms with Crippen molar-refractivity contribution in [1.82, 2.24) is 9.80 Å². The lowest BCUT2D eigenvalue weighted by molar-refractivity contribution is -0.138. The topological polar surface area (TPSA) is 49.9 Å². The summed E-state index contributed by atoms with van der Waals surface area (Å²) in [6.45, 7) is 2.20. The van der Waals surface area contributed by atoms with Crippen molar-refractivity contribution >= 4 is 34.8 Å². The van der Waals surface area contributed by atoms with Gasteiger partial charge in [0.05, 0.1) is 13.7 Å². The number of carbonyl (C=O) groups is 2.